The first-order chi connectivity index (χ1) is 10.2. The number of benzene rings is 1. The van der Waals surface area contributed by atoms with Crippen LogP contribution in [0, 0.1) is 0 Å². The highest BCUT2D eigenvalue weighted by Gasteiger charge is 2.24. The van der Waals surface area contributed by atoms with Crippen molar-refractivity contribution in [3.63, 3.8) is 0 Å². The Balaban J connectivity index is 1.88. The molecule has 0 saturated carbocycles. The van der Waals surface area contributed by atoms with E-state index in [1.165, 1.54) is 0 Å². The number of hydrogen-bond donors (Lipinski definition) is 1. The van der Waals surface area contributed by atoms with E-state index in [9.17, 15) is 4.79 Å². The molecule has 0 unspecified atom stereocenters. The first-order valence-electron chi connectivity index (χ1n) is 6.77. The van der Waals surface area contributed by atoms with Crippen LogP contribution in [-0.4, -0.2) is 27.3 Å². The van der Waals surface area contributed by atoms with Gasteiger partial charge in [-0.05, 0) is 24.1 Å². The maximum Gasteiger partial charge on any atom is 0.254 e. The summed E-state index contributed by atoms with van der Waals surface area (Å²) in [5, 5.41) is 0. The molecule has 2 aromatic rings. The van der Waals surface area contributed by atoms with Crippen molar-refractivity contribution in [1.29, 1.82) is 0 Å². The van der Waals surface area contributed by atoms with Crippen LogP contribution in [0.3, 0.4) is 0 Å². The van der Waals surface area contributed by atoms with Crippen LogP contribution in [0.15, 0.2) is 42.6 Å². The third-order valence-electron chi connectivity index (χ3n) is 3.67. The summed E-state index contributed by atoms with van der Waals surface area (Å²) in [6.45, 7) is 1.18. The van der Waals surface area contributed by atoms with Gasteiger partial charge in [-0.25, -0.2) is 0 Å². The Morgan fingerprint density at radius 1 is 1.29 bits per heavy atom. The summed E-state index contributed by atoms with van der Waals surface area (Å²) in [5.74, 6) is 0.0505. The van der Waals surface area contributed by atoms with Gasteiger partial charge in [0.15, 0.2) is 0 Å². The molecule has 21 heavy (non-hydrogen) atoms. The number of rotatable bonds is 3. The highest BCUT2D eigenvalue weighted by Crippen LogP contribution is 2.21. The molecular weight excluding hydrogens is 282 g/mol. The normalized spacial score (nSPS) is 13.9. The van der Waals surface area contributed by atoms with Crippen LogP contribution in [0.1, 0.15) is 27.2 Å². The molecule has 1 aromatic heterocycles. The minimum absolute atomic E-state index is 0.0505. The second-order valence-corrected chi connectivity index (χ2v) is 5.45. The Morgan fingerprint density at radius 2 is 2.10 bits per heavy atom. The molecule has 5 heteroatoms. The van der Waals surface area contributed by atoms with Crippen molar-refractivity contribution in [3.05, 3.63) is 65.0 Å². The molecule has 1 aliphatic rings. The smallest absolute Gasteiger partial charge is 0.254 e. The number of fused-ring (bicyclic) bond motifs is 1. The number of nitrogens with two attached hydrogens (primary N) is 1. The van der Waals surface area contributed by atoms with E-state index in [4.69, 9.17) is 18.0 Å². The van der Waals surface area contributed by atoms with Gasteiger partial charge in [-0.3, -0.25) is 9.78 Å². The fraction of sp³-hybridized carbons (Fsp3) is 0.188. The molecular formula is C16H15N3OS. The largest absolute Gasteiger partial charge is 0.388 e. The second kappa shape index (κ2) is 5.61. The van der Waals surface area contributed by atoms with Crippen molar-refractivity contribution >= 4 is 23.1 Å². The van der Waals surface area contributed by atoms with E-state index in [-0.39, 0.29) is 10.9 Å². The number of thiocarbonyl (C=S) groups is 1. The van der Waals surface area contributed by atoms with Gasteiger partial charge in [0.1, 0.15) is 10.7 Å². The topological polar surface area (TPSA) is 59.2 Å². The molecule has 0 saturated heterocycles. The minimum atomic E-state index is 0.0505. The summed E-state index contributed by atoms with van der Waals surface area (Å²) in [7, 11) is 0. The quantitative estimate of drug-likeness (QED) is 0.879. The van der Waals surface area contributed by atoms with Crippen LogP contribution in [0.2, 0.25) is 0 Å². The molecule has 2 heterocycles. The number of amides is 1. The monoisotopic (exact) mass is 297 g/mol. The van der Waals surface area contributed by atoms with E-state index in [0.29, 0.717) is 18.8 Å². The molecule has 3 rings (SSSR count). The number of hydrogen-bond acceptors (Lipinski definition) is 3. The van der Waals surface area contributed by atoms with Crippen LogP contribution in [-0.2, 0) is 13.0 Å². The molecule has 1 amide bonds. The molecule has 0 aliphatic carbocycles. The number of aromatic nitrogens is 1. The lowest BCUT2D eigenvalue weighted by molar-refractivity contribution is 0.0727. The average Bonchev–Trinajstić information content (AvgIpc) is 2.51. The van der Waals surface area contributed by atoms with Crippen LogP contribution in [0.4, 0.5) is 0 Å². The lowest BCUT2D eigenvalue weighted by Gasteiger charge is -2.29. The van der Waals surface area contributed by atoms with Crippen LogP contribution in [0.5, 0.6) is 0 Å². The van der Waals surface area contributed by atoms with Crippen LogP contribution >= 0.6 is 12.2 Å². The zero-order valence-corrected chi connectivity index (χ0v) is 12.3. The van der Waals surface area contributed by atoms with Crippen LogP contribution < -0.4 is 5.73 Å². The van der Waals surface area contributed by atoms with E-state index in [1.54, 1.807) is 6.20 Å². The van der Waals surface area contributed by atoms with Crippen molar-refractivity contribution in [2.75, 3.05) is 6.54 Å². The second-order valence-electron chi connectivity index (χ2n) is 5.01. The maximum atomic E-state index is 12.5. The highest BCUT2D eigenvalue weighted by atomic mass is 32.1. The molecule has 1 aliphatic heterocycles. The van der Waals surface area contributed by atoms with Crippen molar-refractivity contribution in [1.82, 2.24) is 9.88 Å². The van der Waals surface area contributed by atoms with E-state index < -0.39 is 0 Å². The molecule has 0 fully saturated rings. The summed E-state index contributed by atoms with van der Waals surface area (Å²) < 4.78 is 0. The zero-order chi connectivity index (χ0) is 14.8. The van der Waals surface area contributed by atoms with Gasteiger partial charge >= 0.3 is 0 Å². The summed E-state index contributed by atoms with van der Waals surface area (Å²) in [5.41, 5.74) is 9.07. The molecule has 0 atom stereocenters. The van der Waals surface area contributed by atoms with Gasteiger partial charge in [-0.1, -0.05) is 36.5 Å². The van der Waals surface area contributed by atoms with E-state index in [1.807, 2.05) is 41.3 Å². The van der Waals surface area contributed by atoms with Gasteiger partial charge in [0, 0.05) is 30.4 Å². The standard InChI is InChI=1S/C16H15N3OS/c17-15(21)14-12(5-3-8-18-14)10-19-9-7-11-4-1-2-6-13(11)16(19)20/h1-6,8H,7,9-10H2,(H2,17,21). The van der Waals surface area contributed by atoms with Crippen molar-refractivity contribution in [2.45, 2.75) is 13.0 Å². The Bertz CT molecular complexity index is 714. The lowest BCUT2D eigenvalue weighted by Crippen LogP contribution is -2.37. The fourth-order valence-electron chi connectivity index (χ4n) is 2.62. The van der Waals surface area contributed by atoms with Crippen molar-refractivity contribution in [2.24, 2.45) is 5.73 Å². The molecule has 0 bridgehead atoms. The van der Waals surface area contributed by atoms with E-state index in [0.717, 1.165) is 23.1 Å². The molecule has 4 nitrogen and oxygen atoms in total. The Labute approximate surface area is 128 Å². The number of carbonyl (C=O) groups is 1. The third kappa shape index (κ3) is 2.64. The van der Waals surface area contributed by atoms with Gasteiger partial charge in [0.2, 0.25) is 0 Å². The zero-order valence-electron chi connectivity index (χ0n) is 11.5. The van der Waals surface area contributed by atoms with E-state index >= 15 is 0 Å². The summed E-state index contributed by atoms with van der Waals surface area (Å²) >= 11 is 5.02. The minimum Gasteiger partial charge on any atom is -0.388 e. The maximum absolute atomic E-state index is 12.5. The Kier molecular flexibility index (Phi) is 3.66. The first kappa shape index (κ1) is 13.7. The molecule has 0 spiro atoms. The van der Waals surface area contributed by atoms with Crippen LogP contribution in [0.25, 0.3) is 0 Å². The summed E-state index contributed by atoms with van der Waals surface area (Å²) in [6, 6.07) is 11.5. The predicted molar refractivity (Wildman–Crippen MR) is 85.0 cm³/mol. The lowest BCUT2D eigenvalue weighted by atomic mass is 9.98. The Morgan fingerprint density at radius 3 is 2.90 bits per heavy atom. The van der Waals surface area contributed by atoms with Crippen molar-refractivity contribution < 1.29 is 4.79 Å². The molecule has 0 radical (unpaired) electrons. The van der Waals surface area contributed by atoms with Gasteiger partial charge in [-0.2, -0.15) is 0 Å². The highest BCUT2D eigenvalue weighted by molar-refractivity contribution is 7.80. The summed E-state index contributed by atoms with van der Waals surface area (Å²) in [6.07, 6.45) is 2.52. The van der Waals surface area contributed by atoms with Gasteiger partial charge in [-0.15, -0.1) is 0 Å². The average molecular weight is 297 g/mol. The number of pyridine rings is 1. The predicted octanol–water partition coefficient (Wildman–Crippen LogP) is 1.91. The number of nitrogens with zero attached hydrogens (tertiary/aromatic N) is 2. The first-order valence-corrected chi connectivity index (χ1v) is 7.18. The van der Waals surface area contributed by atoms with Crippen molar-refractivity contribution in [3.8, 4) is 0 Å². The number of carbonyl (C=O) groups excluding carboxylic acids is 1. The molecule has 1 aromatic carbocycles. The molecule has 2 N–H and O–H groups in total. The Hall–Kier alpha value is -2.27. The van der Waals surface area contributed by atoms with E-state index in [2.05, 4.69) is 4.98 Å². The van der Waals surface area contributed by atoms with Gasteiger partial charge < -0.3 is 10.6 Å². The summed E-state index contributed by atoms with van der Waals surface area (Å²) in [4.78, 5) is 18.8. The molecule has 106 valence electrons. The van der Waals surface area contributed by atoms with Gasteiger partial charge in [0.05, 0.1) is 0 Å². The SMILES string of the molecule is NC(=S)c1ncccc1CN1CCc2ccccc2C1=O. The van der Waals surface area contributed by atoms with Gasteiger partial charge in [0.25, 0.3) is 5.91 Å². The third-order valence-corrected chi connectivity index (χ3v) is 3.87. The fourth-order valence-corrected chi connectivity index (χ4v) is 2.80.